The van der Waals surface area contributed by atoms with Crippen molar-refractivity contribution in [3.05, 3.63) is 132 Å². The molecule has 0 fully saturated rings. The van der Waals surface area contributed by atoms with E-state index in [1.54, 1.807) is 11.3 Å². The molecule has 0 N–H and O–H groups in total. The quantitative estimate of drug-likeness (QED) is 0.189. The fourth-order valence-corrected chi connectivity index (χ4v) is 8.20. The topological polar surface area (TPSA) is 72.3 Å². The fraction of sp³-hybridized carbons (Fsp3) is 0. The number of nitrogens with zero attached hydrogens (tertiary/aromatic N) is 4. The lowest BCUT2D eigenvalue weighted by molar-refractivity contribution is 1.38. The number of hydrogen-bond acceptors (Lipinski definition) is 5. The van der Waals surface area contributed by atoms with Gasteiger partial charge in [-0.1, -0.05) is 97.1 Å². The van der Waals surface area contributed by atoms with Crippen molar-refractivity contribution in [3.63, 3.8) is 0 Å². The van der Waals surface area contributed by atoms with Gasteiger partial charge in [-0.15, -0.1) is 11.3 Å². The third kappa shape index (κ3) is 3.76. The number of nitriles is 2. The predicted molar refractivity (Wildman–Crippen MR) is 185 cm³/mol. The molecule has 0 saturated carbocycles. The van der Waals surface area contributed by atoms with E-state index in [1.165, 1.54) is 21.5 Å². The lowest BCUT2D eigenvalue weighted by Crippen LogP contribution is -1.98. The van der Waals surface area contributed by atoms with Crippen molar-refractivity contribution in [2.45, 2.75) is 0 Å². The molecular formula is C40H20N4S. The Labute approximate surface area is 261 Å². The molecule has 0 amide bonds. The van der Waals surface area contributed by atoms with Crippen LogP contribution in [0.25, 0.3) is 85.5 Å². The highest BCUT2D eigenvalue weighted by Gasteiger charge is 2.21. The van der Waals surface area contributed by atoms with Crippen LogP contribution in [0.2, 0.25) is 0 Å². The van der Waals surface area contributed by atoms with Crippen molar-refractivity contribution in [2.75, 3.05) is 0 Å². The van der Waals surface area contributed by atoms with Crippen molar-refractivity contribution in [2.24, 2.45) is 9.98 Å². The van der Waals surface area contributed by atoms with E-state index in [0.717, 1.165) is 64.0 Å². The maximum atomic E-state index is 9.73. The van der Waals surface area contributed by atoms with Gasteiger partial charge in [-0.05, 0) is 78.8 Å². The first-order valence-corrected chi connectivity index (χ1v) is 15.4. The Morgan fingerprint density at radius 2 is 0.822 bits per heavy atom. The zero-order chi connectivity index (χ0) is 30.1. The molecule has 9 aromatic rings. The van der Waals surface area contributed by atoms with Gasteiger partial charge in [-0.2, -0.15) is 20.5 Å². The zero-order valence-corrected chi connectivity index (χ0v) is 24.6. The Morgan fingerprint density at radius 1 is 0.422 bits per heavy atom. The van der Waals surface area contributed by atoms with Gasteiger partial charge in [0.2, 0.25) is 12.4 Å². The molecule has 45 heavy (non-hydrogen) atoms. The van der Waals surface area contributed by atoms with Crippen molar-refractivity contribution >= 4 is 74.6 Å². The maximum Gasteiger partial charge on any atom is 0.206 e. The molecule has 0 atom stereocenters. The van der Waals surface area contributed by atoms with Crippen LogP contribution < -0.4 is 10.7 Å². The maximum absolute atomic E-state index is 9.73. The number of hydrogen-bond donors (Lipinski definition) is 0. The first-order valence-electron chi connectivity index (χ1n) is 14.6. The van der Waals surface area contributed by atoms with Crippen molar-refractivity contribution in [1.82, 2.24) is 0 Å². The standard InChI is InChI=1S/C40H20N4S/c41-21-43-37-33-19-29(27-11-9-23-5-1-3-7-25(23)17-27)13-15-31(33)35-36-32-16-14-30(28-12-10-24-6-2-4-8-26(24)18-28)20-34(32)38(44-22-42)40(36)45-39(35)37/h1-20H. The zero-order valence-electron chi connectivity index (χ0n) is 23.7. The average Bonchev–Trinajstić information content (AvgIpc) is 3.71. The van der Waals surface area contributed by atoms with E-state index in [1.807, 2.05) is 24.5 Å². The summed E-state index contributed by atoms with van der Waals surface area (Å²) in [6.07, 6.45) is 4.09. The molecule has 0 unspecified atom stereocenters. The molecule has 0 saturated heterocycles. The minimum atomic E-state index is 0.676. The first-order chi connectivity index (χ1) is 22.2. The molecule has 8 aromatic carbocycles. The van der Waals surface area contributed by atoms with Gasteiger partial charge in [0.1, 0.15) is 10.7 Å². The summed E-state index contributed by atoms with van der Waals surface area (Å²) in [5.41, 5.74) is 4.37. The molecule has 0 aliphatic rings. The second-order valence-electron chi connectivity index (χ2n) is 11.3. The summed E-state index contributed by atoms with van der Waals surface area (Å²) in [5, 5.41) is 31.7. The van der Waals surface area contributed by atoms with E-state index >= 15 is 0 Å². The molecule has 9 rings (SSSR count). The van der Waals surface area contributed by atoms with Crippen molar-refractivity contribution in [1.29, 1.82) is 10.5 Å². The number of benzene rings is 6. The predicted octanol–water partition coefficient (Wildman–Crippen LogP) is 9.64. The summed E-state index contributed by atoms with van der Waals surface area (Å²) in [6, 6.07) is 42.5. The molecule has 0 aliphatic heterocycles. The molecule has 0 spiro atoms. The van der Waals surface area contributed by atoms with Gasteiger partial charge in [-0.3, -0.25) is 0 Å². The number of fused-ring (bicyclic) bond motifs is 9. The van der Waals surface area contributed by atoms with Crippen LogP contribution in [0.5, 0.6) is 0 Å². The minimum Gasteiger partial charge on any atom is -0.172 e. The first kappa shape index (κ1) is 25.4. The summed E-state index contributed by atoms with van der Waals surface area (Å²) >= 11 is 1.56. The summed E-state index contributed by atoms with van der Waals surface area (Å²) in [7, 11) is 0. The second-order valence-corrected chi connectivity index (χ2v) is 12.3. The van der Waals surface area contributed by atoms with Crippen LogP contribution in [0.1, 0.15) is 0 Å². The molecule has 0 aliphatic carbocycles. The Hall–Kier alpha value is -6.14. The van der Waals surface area contributed by atoms with Gasteiger partial charge < -0.3 is 0 Å². The van der Waals surface area contributed by atoms with E-state index in [9.17, 15) is 10.5 Å². The van der Waals surface area contributed by atoms with Crippen LogP contribution >= 0.6 is 11.3 Å². The van der Waals surface area contributed by atoms with Crippen molar-refractivity contribution in [3.8, 4) is 34.6 Å². The summed E-state index contributed by atoms with van der Waals surface area (Å²) < 4.78 is 1.89. The van der Waals surface area contributed by atoms with E-state index in [-0.39, 0.29) is 0 Å². The SMILES string of the molecule is N#CN=c1c2cc(-c3ccc4ccccc4c3)ccc2c2c1sc1c(=NC#N)c3cc(-c4ccc5ccccc5c4)ccc3c12. The summed E-state index contributed by atoms with van der Waals surface area (Å²) in [5.74, 6) is 0. The minimum absolute atomic E-state index is 0.676. The van der Waals surface area contributed by atoms with E-state index in [2.05, 4.69) is 119 Å². The van der Waals surface area contributed by atoms with Crippen LogP contribution in [0.3, 0.4) is 0 Å². The highest BCUT2D eigenvalue weighted by molar-refractivity contribution is 7.26. The summed E-state index contributed by atoms with van der Waals surface area (Å²) in [4.78, 5) is 8.67. The van der Waals surface area contributed by atoms with Crippen LogP contribution in [0.15, 0.2) is 131 Å². The highest BCUT2D eigenvalue weighted by Crippen LogP contribution is 2.43. The highest BCUT2D eigenvalue weighted by atomic mass is 32.1. The van der Waals surface area contributed by atoms with Crippen LogP contribution in [-0.4, -0.2) is 0 Å². The Kier molecular flexibility index (Phi) is 5.46. The second kappa shape index (κ2) is 9.69. The van der Waals surface area contributed by atoms with E-state index in [0.29, 0.717) is 10.7 Å². The number of rotatable bonds is 2. The third-order valence-corrected chi connectivity index (χ3v) is 10.1. The van der Waals surface area contributed by atoms with E-state index < -0.39 is 0 Å². The van der Waals surface area contributed by atoms with Crippen LogP contribution in [-0.2, 0) is 0 Å². The Morgan fingerprint density at radius 3 is 1.27 bits per heavy atom. The molecule has 1 heterocycles. The Bertz CT molecular complexity index is 2710. The van der Waals surface area contributed by atoms with Gasteiger partial charge in [0, 0.05) is 21.5 Å². The molecule has 0 radical (unpaired) electrons. The molecule has 0 bridgehead atoms. The fourth-order valence-electron chi connectivity index (χ4n) is 6.86. The van der Waals surface area contributed by atoms with Gasteiger partial charge >= 0.3 is 0 Å². The number of thiophene rings is 1. The normalized spacial score (nSPS) is 12.7. The largest absolute Gasteiger partial charge is 0.206 e. The van der Waals surface area contributed by atoms with Crippen LogP contribution in [0, 0.1) is 22.9 Å². The van der Waals surface area contributed by atoms with Gasteiger partial charge in [0.15, 0.2) is 0 Å². The van der Waals surface area contributed by atoms with Crippen molar-refractivity contribution < 1.29 is 0 Å². The van der Waals surface area contributed by atoms with Gasteiger partial charge in [0.05, 0.1) is 9.40 Å². The molecule has 206 valence electrons. The summed E-state index contributed by atoms with van der Waals surface area (Å²) in [6.45, 7) is 0. The molecular weight excluding hydrogens is 569 g/mol. The molecule has 1 aromatic heterocycles. The third-order valence-electron chi connectivity index (χ3n) is 8.92. The van der Waals surface area contributed by atoms with Gasteiger partial charge in [0.25, 0.3) is 0 Å². The average molecular weight is 589 g/mol. The lowest BCUT2D eigenvalue weighted by Gasteiger charge is -2.05. The molecule has 4 nitrogen and oxygen atoms in total. The smallest absolute Gasteiger partial charge is 0.172 e. The van der Waals surface area contributed by atoms with E-state index in [4.69, 9.17) is 0 Å². The monoisotopic (exact) mass is 588 g/mol. The van der Waals surface area contributed by atoms with Crippen LogP contribution in [0.4, 0.5) is 0 Å². The molecule has 5 heteroatoms. The Balaban J connectivity index is 1.31. The van der Waals surface area contributed by atoms with Gasteiger partial charge in [-0.25, -0.2) is 0 Å². The lowest BCUT2D eigenvalue weighted by atomic mass is 9.98.